The number of carbonyl (C=O) groups excluding carboxylic acids is 1. The Kier molecular flexibility index (Phi) is 7.19. The Labute approximate surface area is 186 Å². The van der Waals surface area contributed by atoms with E-state index in [1.54, 1.807) is 6.07 Å². The Bertz CT molecular complexity index is 1080. The molecule has 0 bridgehead atoms. The smallest absolute Gasteiger partial charge is 0.257 e. The molecule has 30 heavy (non-hydrogen) atoms. The summed E-state index contributed by atoms with van der Waals surface area (Å²) >= 11 is 6.86. The Hall–Kier alpha value is -2.33. The van der Waals surface area contributed by atoms with E-state index in [-0.39, 0.29) is 35.7 Å². The predicted octanol–water partition coefficient (Wildman–Crippen LogP) is 4.37. The molecule has 6 nitrogen and oxygen atoms in total. The van der Waals surface area contributed by atoms with Gasteiger partial charge in [0, 0.05) is 24.2 Å². The Morgan fingerprint density at radius 1 is 1.23 bits per heavy atom. The number of amides is 1. The van der Waals surface area contributed by atoms with Gasteiger partial charge in [-0.2, -0.15) is 0 Å². The molecule has 0 fully saturated rings. The highest BCUT2D eigenvalue weighted by Crippen LogP contribution is 2.29. The zero-order valence-electron chi connectivity index (χ0n) is 15.4. The van der Waals surface area contributed by atoms with Crippen molar-refractivity contribution >= 4 is 46.4 Å². The van der Waals surface area contributed by atoms with Crippen molar-refractivity contribution < 1.29 is 18.3 Å². The Balaban J connectivity index is 0.00000256. The molecular weight excluding hydrogens is 457 g/mol. The molecule has 158 valence electrons. The molecule has 3 aromatic rings. The molecule has 0 saturated carbocycles. The van der Waals surface area contributed by atoms with Crippen molar-refractivity contribution in [3.63, 3.8) is 0 Å². The predicted molar refractivity (Wildman–Crippen MR) is 113 cm³/mol. The van der Waals surface area contributed by atoms with Gasteiger partial charge in [-0.3, -0.25) is 10.1 Å². The fourth-order valence-electron chi connectivity index (χ4n) is 2.93. The quantitative estimate of drug-likeness (QED) is 0.539. The molecule has 1 aliphatic rings. The van der Waals surface area contributed by atoms with Crippen LogP contribution in [0.1, 0.15) is 26.5 Å². The average molecular weight is 473 g/mol. The van der Waals surface area contributed by atoms with Crippen molar-refractivity contribution in [3.05, 3.63) is 68.7 Å². The summed E-state index contributed by atoms with van der Waals surface area (Å²) in [6.07, 6.45) is 0.875. The van der Waals surface area contributed by atoms with E-state index in [0.717, 1.165) is 42.5 Å². The van der Waals surface area contributed by atoms with Gasteiger partial charge in [0.05, 0.1) is 0 Å². The number of nitrogens with one attached hydrogen (secondary N) is 2. The van der Waals surface area contributed by atoms with E-state index in [1.165, 1.54) is 5.56 Å². The highest BCUT2D eigenvalue weighted by Gasteiger charge is 2.15. The molecule has 0 unspecified atom stereocenters. The first kappa shape index (κ1) is 22.4. The van der Waals surface area contributed by atoms with Gasteiger partial charge in [0.1, 0.15) is 29.0 Å². The van der Waals surface area contributed by atoms with Gasteiger partial charge >= 0.3 is 0 Å². The third-order valence-corrected chi connectivity index (χ3v) is 5.53. The molecule has 0 spiro atoms. The fraction of sp³-hybridized carbons (Fsp3) is 0.211. The van der Waals surface area contributed by atoms with Gasteiger partial charge in [0.2, 0.25) is 5.13 Å². The number of halogens is 4. The van der Waals surface area contributed by atoms with Gasteiger partial charge in [0.25, 0.3) is 5.91 Å². The largest absolute Gasteiger partial charge is 0.485 e. The van der Waals surface area contributed by atoms with Crippen LogP contribution in [0.4, 0.5) is 13.9 Å². The molecule has 2 N–H and O–H groups in total. The molecule has 0 radical (unpaired) electrons. The Morgan fingerprint density at radius 3 is 2.90 bits per heavy atom. The molecule has 4 rings (SSSR count). The summed E-state index contributed by atoms with van der Waals surface area (Å²) in [5.74, 6) is -2.13. The van der Waals surface area contributed by atoms with Crippen molar-refractivity contribution in [2.45, 2.75) is 19.6 Å². The summed E-state index contributed by atoms with van der Waals surface area (Å²) in [6, 6.07) is 7.26. The van der Waals surface area contributed by atoms with Crippen molar-refractivity contribution in [2.75, 3.05) is 11.9 Å². The minimum Gasteiger partial charge on any atom is -0.485 e. The number of ether oxygens (including phenoxy) is 1. The SMILES string of the molecule is Cl.O=C(Nc1nnc(COc2cc(F)cc(F)c2Cl)s1)c1ccc2c(c1)CCNC2. The van der Waals surface area contributed by atoms with Crippen LogP contribution in [0, 0.1) is 11.6 Å². The third-order valence-electron chi connectivity index (χ3n) is 4.35. The van der Waals surface area contributed by atoms with Crippen LogP contribution in [-0.4, -0.2) is 22.6 Å². The van der Waals surface area contributed by atoms with Gasteiger partial charge in [-0.05, 0) is 36.2 Å². The average Bonchev–Trinajstić information content (AvgIpc) is 3.16. The monoisotopic (exact) mass is 472 g/mol. The number of hydrogen-bond acceptors (Lipinski definition) is 6. The van der Waals surface area contributed by atoms with E-state index in [9.17, 15) is 13.6 Å². The maximum Gasteiger partial charge on any atom is 0.257 e. The van der Waals surface area contributed by atoms with Gasteiger partial charge in [0.15, 0.2) is 5.01 Å². The number of fused-ring (bicyclic) bond motifs is 1. The summed E-state index contributed by atoms with van der Waals surface area (Å²) in [4.78, 5) is 12.5. The second-order valence-corrected chi connectivity index (χ2v) is 7.79. The molecule has 1 aromatic heterocycles. The lowest BCUT2D eigenvalue weighted by atomic mass is 9.98. The maximum atomic E-state index is 13.5. The second kappa shape index (κ2) is 9.65. The van der Waals surface area contributed by atoms with Crippen LogP contribution in [0.2, 0.25) is 5.02 Å². The molecule has 1 amide bonds. The minimum absolute atomic E-state index is 0. The van der Waals surface area contributed by atoms with Crippen molar-refractivity contribution in [1.82, 2.24) is 15.5 Å². The zero-order valence-corrected chi connectivity index (χ0v) is 17.8. The number of anilines is 1. The fourth-order valence-corrected chi connectivity index (χ4v) is 3.74. The van der Waals surface area contributed by atoms with Crippen molar-refractivity contribution in [1.29, 1.82) is 0 Å². The molecule has 2 heterocycles. The van der Waals surface area contributed by atoms with E-state index >= 15 is 0 Å². The first-order chi connectivity index (χ1) is 14.0. The topological polar surface area (TPSA) is 76.1 Å². The standard InChI is InChI=1S/C19H15ClF2N4O2S.ClH/c20-17-14(22)6-13(21)7-15(17)28-9-16-25-26-19(29-16)24-18(27)11-1-2-12-8-23-4-3-10(12)5-11;/h1-2,5-7,23H,3-4,8-9H2,(H,24,26,27);1H. The molecule has 0 saturated heterocycles. The number of hydrogen-bond donors (Lipinski definition) is 2. The van der Waals surface area contributed by atoms with E-state index in [2.05, 4.69) is 20.8 Å². The lowest BCUT2D eigenvalue weighted by Gasteiger charge is -2.17. The normalized spacial score (nSPS) is 12.6. The number of carbonyl (C=O) groups is 1. The van der Waals surface area contributed by atoms with Crippen LogP contribution >= 0.6 is 35.3 Å². The van der Waals surface area contributed by atoms with Crippen molar-refractivity contribution in [2.24, 2.45) is 0 Å². The lowest BCUT2D eigenvalue weighted by Crippen LogP contribution is -2.24. The van der Waals surface area contributed by atoms with Gasteiger partial charge in [-0.25, -0.2) is 8.78 Å². The van der Waals surface area contributed by atoms with E-state index < -0.39 is 11.6 Å². The lowest BCUT2D eigenvalue weighted by molar-refractivity contribution is 0.102. The van der Waals surface area contributed by atoms with Gasteiger partial charge in [-0.1, -0.05) is 29.0 Å². The van der Waals surface area contributed by atoms with Crippen molar-refractivity contribution in [3.8, 4) is 5.75 Å². The van der Waals surface area contributed by atoms with E-state index in [4.69, 9.17) is 16.3 Å². The summed E-state index contributed by atoms with van der Waals surface area (Å²) in [5.41, 5.74) is 2.89. The van der Waals surface area contributed by atoms with E-state index in [0.29, 0.717) is 21.8 Å². The van der Waals surface area contributed by atoms with Gasteiger partial charge in [-0.15, -0.1) is 22.6 Å². The maximum absolute atomic E-state index is 13.5. The summed E-state index contributed by atoms with van der Waals surface area (Å²) < 4.78 is 32.1. The molecular formula is C19H16Cl2F2N4O2S. The van der Waals surface area contributed by atoms with Crippen LogP contribution in [0.5, 0.6) is 5.75 Å². The van der Waals surface area contributed by atoms with Crippen LogP contribution in [0.3, 0.4) is 0 Å². The Morgan fingerprint density at radius 2 is 2.07 bits per heavy atom. The number of nitrogens with zero attached hydrogens (tertiary/aromatic N) is 2. The molecule has 0 aliphatic carbocycles. The van der Waals surface area contributed by atoms with Crippen LogP contribution < -0.4 is 15.4 Å². The molecule has 2 aromatic carbocycles. The molecule has 11 heteroatoms. The minimum atomic E-state index is -0.910. The number of rotatable bonds is 5. The highest BCUT2D eigenvalue weighted by molar-refractivity contribution is 7.15. The molecule has 0 atom stereocenters. The van der Waals surface area contributed by atoms with Crippen LogP contribution in [0.15, 0.2) is 30.3 Å². The number of benzene rings is 2. The summed E-state index contributed by atoms with van der Waals surface area (Å²) in [5, 5.41) is 14.2. The van der Waals surface area contributed by atoms with Crippen LogP contribution in [-0.2, 0) is 19.6 Å². The third kappa shape index (κ3) is 5.04. The number of aromatic nitrogens is 2. The van der Waals surface area contributed by atoms with Gasteiger partial charge < -0.3 is 10.1 Å². The van der Waals surface area contributed by atoms with E-state index in [1.807, 2.05) is 12.1 Å². The summed E-state index contributed by atoms with van der Waals surface area (Å²) in [7, 11) is 0. The second-order valence-electron chi connectivity index (χ2n) is 6.35. The first-order valence-corrected chi connectivity index (χ1v) is 9.92. The highest BCUT2D eigenvalue weighted by atomic mass is 35.5. The summed E-state index contributed by atoms with van der Waals surface area (Å²) in [6.45, 7) is 1.59. The van der Waals surface area contributed by atoms with Crippen LogP contribution in [0.25, 0.3) is 0 Å². The first-order valence-electron chi connectivity index (χ1n) is 8.73. The zero-order chi connectivity index (χ0) is 20.4. The molecule has 1 aliphatic heterocycles.